The SMILES string of the molecule is COc1ccc(CCc2ccc(Cc3c[nH]c4ncc(C(C=NC5CCNCC5)=CN)cc34)c(F)n2)cn1. The zero-order valence-electron chi connectivity index (χ0n) is 21.5. The molecule has 0 spiro atoms. The summed E-state index contributed by atoms with van der Waals surface area (Å²) in [6.07, 6.45) is 12.6. The summed E-state index contributed by atoms with van der Waals surface area (Å²) in [6.45, 7) is 1.97. The summed E-state index contributed by atoms with van der Waals surface area (Å²) in [5, 5.41) is 4.27. The zero-order chi connectivity index (χ0) is 26.3. The average Bonchev–Trinajstić information content (AvgIpc) is 3.36. The number of nitrogens with zero attached hydrogens (tertiary/aromatic N) is 4. The molecule has 4 aromatic rings. The first kappa shape index (κ1) is 25.5. The highest BCUT2D eigenvalue weighted by Gasteiger charge is 2.14. The van der Waals surface area contributed by atoms with Gasteiger partial charge in [0.1, 0.15) is 5.65 Å². The molecular weight excluding hydrogens is 481 g/mol. The van der Waals surface area contributed by atoms with Crippen LogP contribution < -0.4 is 15.8 Å². The van der Waals surface area contributed by atoms with Crippen LogP contribution in [0.4, 0.5) is 4.39 Å². The van der Waals surface area contributed by atoms with Gasteiger partial charge in [-0.05, 0) is 62.0 Å². The van der Waals surface area contributed by atoms with Crippen molar-refractivity contribution in [1.82, 2.24) is 25.3 Å². The van der Waals surface area contributed by atoms with Gasteiger partial charge in [-0.25, -0.2) is 15.0 Å². The molecule has 196 valence electrons. The number of nitrogens with one attached hydrogen (secondary N) is 2. The number of pyridine rings is 3. The van der Waals surface area contributed by atoms with Crippen molar-refractivity contribution in [1.29, 1.82) is 0 Å². The van der Waals surface area contributed by atoms with Gasteiger partial charge >= 0.3 is 0 Å². The molecular formula is C29H32FN7O. The van der Waals surface area contributed by atoms with Crippen LogP contribution in [0.5, 0.6) is 5.88 Å². The lowest BCUT2D eigenvalue weighted by Gasteiger charge is -2.18. The van der Waals surface area contributed by atoms with E-state index in [1.807, 2.05) is 42.7 Å². The van der Waals surface area contributed by atoms with Crippen molar-refractivity contribution in [3.8, 4) is 5.88 Å². The van der Waals surface area contributed by atoms with Crippen LogP contribution >= 0.6 is 0 Å². The molecule has 8 nitrogen and oxygen atoms in total. The molecule has 0 amide bonds. The number of aromatic nitrogens is 4. The first-order chi connectivity index (χ1) is 18.6. The number of halogens is 1. The van der Waals surface area contributed by atoms with Gasteiger partial charge in [-0.15, -0.1) is 0 Å². The van der Waals surface area contributed by atoms with E-state index in [1.54, 1.807) is 25.7 Å². The Bertz CT molecular complexity index is 1440. The van der Waals surface area contributed by atoms with Gasteiger partial charge in [0.15, 0.2) is 0 Å². The van der Waals surface area contributed by atoms with E-state index in [1.165, 1.54) is 0 Å². The molecule has 0 saturated carbocycles. The van der Waals surface area contributed by atoms with Gasteiger partial charge in [-0.3, -0.25) is 4.99 Å². The van der Waals surface area contributed by atoms with E-state index in [0.29, 0.717) is 36.0 Å². The molecule has 0 atom stereocenters. The minimum atomic E-state index is -0.453. The van der Waals surface area contributed by atoms with Crippen molar-refractivity contribution in [2.24, 2.45) is 10.7 Å². The number of H-pyrrole nitrogens is 1. The Morgan fingerprint density at radius 1 is 1.13 bits per heavy atom. The first-order valence-corrected chi connectivity index (χ1v) is 12.9. The number of rotatable bonds is 9. The maximum absolute atomic E-state index is 15.0. The number of ether oxygens (including phenoxy) is 1. The van der Waals surface area contributed by atoms with Crippen molar-refractivity contribution in [3.05, 3.63) is 89.0 Å². The molecule has 1 aliphatic heterocycles. The Balaban J connectivity index is 1.29. The van der Waals surface area contributed by atoms with Crippen LogP contribution in [0.3, 0.4) is 0 Å². The van der Waals surface area contributed by atoms with Gasteiger partial charge in [0, 0.05) is 71.3 Å². The molecule has 0 aliphatic carbocycles. The van der Waals surface area contributed by atoms with Gasteiger partial charge in [-0.1, -0.05) is 12.1 Å². The van der Waals surface area contributed by atoms with Crippen LogP contribution in [0, 0.1) is 5.95 Å². The monoisotopic (exact) mass is 513 g/mol. The van der Waals surface area contributed by atoms with E-state index in [0.717, 1.165) is 65.6 Å². The molecule has 5 rings (SSSR count). The molecule has 4 aromatic heterocycles. The Hall–Kier alpha value is -4.11. The van der Waals surface area contributed by atoms with E-state index < -0.39 is 5.95 Å². The Morgan fingerprint density at radius 3 is 2.74 bits per heavy atom. The second-order valence-corrected chi connectivity index (χ2v) is 9.45. The standard InChI is InChI=1S/C29H32FN7O/c1-38-27-7-3-19(15-34-27)2-5-25-6-4-20(28(30)37-25)12-22-17-36-29-26(22)13-21(16-35-29)23(14-31)18-33-24-8-10-32-11-9-24/h3-4,6-7,13-18,24,32H,2,5,8-12,31H2,1H3,(H,35,36). The molecule has 38 heavy (non-hydrogen) atoms. The van der Waals surface area contributed by atoms with Gasteiger partial charge in [0.25, 0.3) is 0 Å². The summed E-state index contributed by atoms with van der Waals surface area (Å²) in [6, 6.07) is 9.82. The number of methoxy groups -OCH3 is 1. The van der Waals surface area contributed by atoms with Crippen molar-refractivity contribution < 1.29 is 9.13 Å². The molecule has 4 N–H and O–H groups in total. The Labute approximate surface area is 221 Å². The highest BCUT2D eigenvalue weighted by atomic mass is 19.1. The number of aryl methyl sites for hydroxylation is 2. The van der Waals surface area contributed by atoms with Crippen LogP contribution in [0.1, 0.15) is 40.8 Å². The smallest absolute Gasteiger partial charge is 0.216 e. The molecule has 9 heteroatoms. The van der Waals surface area contributed by atoms with Crippen molar-refractivity contribution in [2.45, 2.75) is 38.1 Å². The highest BCUT2D eigenvalue weighted by molar-refractivity contribution is 6.10. The van der Waals surface area contributed by atoms with E-state index in [9.17, 15) is 4.39 Å². The largest absolute Gasteiger partial charge is 0.481 e. The minimum absolute atomic E-state index is 0.303. The van der Waals surface area contributed by atoms with Crippen LogP contribution in [0.25, 0.3) is 16.6 Å². The molecule has 0 bridgehead atoms. The molecule has 1 saturated heterocycles. The maximum Gasteiger partial charge on any atom is 0.216 e. The van der Waals surface area contributed by atoms with Gasteiger partial charge in [-0.2, -0.15) is 4.39 Å². The van der Waals surface area contributed by atoms with Crippen molar-refractivity contribution in [2.75, 3.05) is 20.2 Å². The quantitative estimate of drug-likeness (QED) is 0.230. The number of aliphatic imine (C=N–C) groups is 1. The molecule has 0 unspecified atom stereocenters. The fourth-order valence-corrected chi connectivity index (χ4v) is 4.65. The number of nitrogens with two attached hydrogens (primary N) is 1. The second-order valence-electron chi connectivity index (χ2n) is 9.45. The summed E-state index contributed by atoms with van der Waals surface area (Å²) in [5.74, 6) is 0.118. The lowest BCUT2D eigenvalue weighted by molar-refractivity contribution is 0.397. The number of piperidine rings is 1. The van der Waals surface area contributed by atoms with E-state index in [2.05, 4.69) is 25.3 Å². The summed E-state index contributed by atoms with van der Waals surface area (Å²) in [7, 11) is 1.59. The van der Waals surface area contributed by atoms with E-state index in [4.69, 9.17) is 15.5 Å². The van der Waals surface area contributed by atoms with E-state index in [-0.39, 0.29) is 0 Å². The molecule has 0 aromatic carbocycles. The highest BCUT2D eigenvalue weighted by Crippen LogP contribution is 2.24. The average molecular weight is 514 g/mol. The topological polar surface area (TPSA) is 114 Å². The number of aromatic amines is 1. The van der Waals surface area contributed by atoms with Crippen molar-refractivity contribution >= 4 is 22.8 Å². The van der Waals surface area contributed by atoms with Crippen LogP contribution in [0.15, 0.2) is 60.1 Å². The molecule has 1 aliphatic rings. The lowest BCUT2D eigenvalue weighted by Crippen LogP contribution is -2.29. The normalized spacial score (nSPS) is 14.9. The van der Waals surface area contributed by atoms with Crippen LogP contribution in [-0.4, -0.2) is 52.4 Å². The molecule has 5 heterocycles. The van der Waals surface area contributed by atoms with Gasteiger partial charge in [0.05, 0.1) is 13.2 Å². The number of hydrogen-bond donors (Lipinski definition) is 3. The third-order valence-corrected chi connectivity index (χ3v) is 6.90. The number of allylic oxidation sites excluding steroid dienone is 1. The third kappa shape index (κ3) is 6.06. The Morgan fingerprint density at radius 2 is 2.00 bits per heavy atom. The van der Waals surface area contributed by atoms with Gasteiger partial charge in [0.2, 0.25) is 11.8 Å². The Kier molecular flexibility index (Phi) is 8.04. The predicted molar refractivity (Wildman–Crippen MR) is 148 cm³/mol. The zero-order valence-corrected chi connectivity index (χ0v) is 21.5. The predicted octanol–water partition coefficient (Wildman–Crippen LogP) is 4.00. The molecule has 1 fully saturated rings. The van der Waals surface area contributed by atoms with Crippen LogP contribution in [-0.2, 0) is 19.3 Å². The lowest BCUT2D eigenvalue weighted by atomic mass is 10.0. The third-order valence-electron chi connectivity index (χ3n) is 6.90. The minimum Gasteiger partial charge on any atom is -0.481 e. The van der Waals surface area contributed by atoms with Crippen LogP contribution in [0.2, 0.25) is 0 Å². The summed E-state index contributed by atoms with van der Waals surface area (Å²) >= 11 is 0. The maximum atomic E-state index is 15.0. The first-order valence-electron chi connectivity index (χ1n) is 12.9. The second kappa shape index (κ2) is 12.0. The fourth-order valence-electron chi connectivity index (χ4n) is 4.65. The fraction of sp³-hybridized carbons (Fsp3) is 0.310. The number of fused-ring (bicyclic) bond motifs is 1. The summed E-state index contributed by atoms with van der Waals surface area (Å²) in [5.41, 5.74) is 11.6. The van der Waals surface area contributed by atoms with Gasteiger partial charge < -0.3 is 20.8 Å². The molecule has 0 radical (unpaired) electrons. The number of hydrogen-bond acceptors (Lipinski definition) is 7. The summed E-state index contributed by atoms with van der Waals surface area (Å²) in [4.78, 5) is 20.9. The summed E-state index contributed by atoms with van der Waals surface area (Å²) < 4.78 is 20.1. The van der Waals surface area contributed by atoms with E-state index >= 15 is 0 Å². The van der Waals surface area contributed by atoms with Crippen molar-refractivity contribution in [3.63, 3.8) is 0 Å².